The summed E-state index contributed by atoms with van der Waals surface area (Å²) in [5.74, 6) is -0.0540. The quantitative estimate of drug-likeness (QED) is 0.262. The van der Waals surface area contributed by atoms with Gasteiger partial charge in [0, 0.05) is 5.56 Å². The minimum absolute atomic E-state index is 0.0452. The Bertz CT molecular complexity index is 1320. The van der Waals surface area contributed by atoms with E-state index in [9.17, 15) is 14.7 Å². The lowest BCUT2D eigenvalue weighted by atomic mass is 10.1. The molecule has 2 amide bonds. The number of carbonyl (C=O) groups is 2. The topological polar surface area (TPSA) is 118 Å². The van der Waals surface area contributed by atoms with E-state index in [0.29, 0.717) is 28.2 Å². The molecule has 0 bridgehead atoms. The molecule has 0 aliphatic carbocycles. The highest BCUT2D eigenvalue weighted by atomic mass is 35.5. The van der Waals surface area contributed by atoms with Gasteiger partial charge in [0.2, 0.25) is 6.79 Å². The second-order valence-electron chi connectivity index (χ2n) is 7.24. The Morgan fingerprint density at radius 3 is 2.60 bits per heavy atom. The summed E-state index contributed by atoms with van der Waals surface area (Å²) in [7, 11) is 1.39. The Morgan fingerprint density at radius 2 is 1.83 bits per heavy atom. The van der Waals surface area contributed by atoms with Gasteiger partial charge in [-0.25, -0.2) is 5.43 Å². The van der Waals surface area contributed by atoms with Crippen LogP contribution in [0.25, 0.3) is 6.08 Å². The number of hydrazone groups is 1. The molecule has 10 heteroatoms. The maximum atomic E-state index is 12.9. The molecule has 0 saturated heterocycles. The van der Waals surface area contributed by atoms with E-state index in [2.05, 4.69) is 15.8 Å². The van der Waals surface area contributed by atoms with Gasteiger partial charge in [-0.05, 0) is 53.6 Å². The van der Waals surface area contributed by atoms with Crippen LogP contribution in [0, 0.1) is 0 Å². The molecule has 1 aliphatic rings. The van der Waals surface area contributed by atoms with E-state index < -0.39 is 11.8 Å². The number of halogens is 1. The molecule has 0 spiro atoms. The predicted octanol–water partition coefficient (Wildman–Crippen LogP) is 3.70. The average Bonchev–Trinajstić information content (AvgIpc) is 3.34. The van der Waals surface area contributed by atoms with Crippen molar-refractivity contribution in [3.63, 3.8) is 0 Å². The molecule has 3 aromatic carbocycles. The molecule has 1 aliphatic heterocycles. The third-order valence-electron chi connectivity index (χ3n) is 4.89. The Labute approximate surface area is 205 Å². The van der Waals surface area contributed by atoms with Gasteiger partial charge >= 0.3 is 0 Å². The molecule has 35 heavy (non-hydrogen) atoms. The summed E-state index contributed by atoms with van der Waals surface area (Å²) in [6.07, 6.45) is 2.82. The van der Waals surface area contributed by atoms with Crippen molar-refractivity contribution in [1.82, 2.24) is 10.7 Å². The van der Waals surface area contributed by atoms with Crippen molar-refractivity contribution >= 4 is 35.7 Å². The molecule has 3 aromatic rings. The monoisotopic (exact) mass is 493 g/mol. The summed E-state index contributed by atoms with van der Waals surface area (Å²) in [5, 5.41) is 16.5. The van der Waals surface area contributed by atoms with Crippen molar-refractivity contribution in [2.45, 2.75) is 0 Å². The normalized spacial score (nSPS) is 12.5. The van der Waals surface area contributed by atoms with E-state index in [1.807, 2.05) is 0 Å². The van der Waals surface area contributed by atoms with Crippen molar-refractivity contribution in [2.24, 2.45) is 5.10 Å². The highest BCUT2D eigenvalue weighted by molar-refractivity contribution is 6.32. The van der Waals surface area contributed by atoms with Crippen LogP contribution in [0.15, 0.2) is 71.5 Å². The number of nitrogens with one attached hydrogen (secondary N) is 2. The summed E-state index contributed by atoms with van der Waals surface area (Å²) >= 11 is 5.98. The van der Waals surface area contributed by atoms with E-state index in [1.165, 1.54) is 31.5 Å². The van der Waals surface area contributed by atoms with Crippen molar-refractivity contribution in [3.05, 3.63) is 88.1 Å². The fourth-order valence-corrected chi connectivity index (χ4v) is 3.38. The van der Waals surface area contributed by atoms with Crippen molar-refractivity contribution in [1.29, 1.82) is 0 Å². The van der Waals surface area contributed by atoms with Gasteiger partial charge in [-0.1, -0.05) is 35.9 Å². The fraction of sp³-hybridized carbons (Fsp3) is 0.0800. The van der Waals surface area contributed by atoms with E-state index >= 15 is 0 Å². The van der Waals surface area contributed by atoms with E-state index in [1.54, 1.807) is 48.5 Å². The number of nitrogens with zero attached hydrogens (tertiary/aromatic N) is 1. The first kappa shape index (κ1) is 23.7. The zero-order chi connectivity index (χ0) is 24.8. The Kier molecular flexibility index (Phi) is 7.18. The minimum atomic E-state index is -0.667. The highest BCUT2D eigenvalue weighted by Gasteiger charge is 2.17. The third kappa shape index (κ3) is 5.71. The van der Waals surface area contributed by atoms with Crippen LogP contribution in [0.2, 0.25) is 5.02 Å². The summed E-state index contributed by atoms with van der Waals surface area (Å²) in [6, 6.07) is 16.6. The number of aromatic hydroxyl groups is 1. The van der Waals surface area contributed by atoms with Gasteiger partial charge in [0.05, 0.1) is 18.3 Å². The number of hydrogen-bond acceptors (Lipinski definition) is 7. The number of amides is 2. The van der Waals surface area contributed by atoms with E-state index in [0.717, 1.165) is 0 Å². The zero-order valence-corrected chi connectivity index (χ0v) is 19.2. The van der Waals surface area contributed by atoms with Crippen LogP contribution in [0.4, 0.5) is 0 Å². The first-order valence-electron chi connectivity index (χ1n) is 10.3. The molecular weight excluding hydrogens is 474 g/mol. The van der Waals surface area contributed by atoms with Gasteiger partial charge in [0.25, 0.3) is 11.8 Å². The first-order valence-corrected chi connectivity index (χ1v) is 10.7. The number of phenolic OH excluding ortho intramolecular Hbond substituents is 1. The lowest BCUT2D eigenvalue weighted by Gasteiger charge is -2.10. The minimum Gasteiger partial charge on any atom is -0.503 e. The SMILES string of the molecule is COc1cc(/C=N/NC(=O)/C(=C\c2ccc3c(c2)OCO3)NC(=O)c2ccccc2)cc(Cl)c1O. The van der Waals surface area contributed by atoms with Gasteiger partial charge < -0.3 is 24.6 Å². The second kappa shape index (κ2) is 10.6. The summed E-state index contributed by atoms with van der Waals surface area (Å²) in [5.41, 5.74) is 3.79. The van der Waals surface area contributed by atoms with Crippen LogP contribution >= 0.6 is 11.6 Å². The Hall–Kier alpha value is -4.50. The number of hydrogen-bond donors (Lipinski definition) is 3. The van der Waals surface area contributed by atoms with Gasteiger partial charge in [-0.3, -0.25) is 9.59 Å². The number of phenols is 1. The van der Waals surface area contributed by atoms with Crippen molar-refractivity contribution in [2.75, 3.05) is 13.9 Å². The maximum Gasteiger partial charge on any atom is 0.287 e. The number of ether oxygens (including phenoxy) is 3. The molecular formula is C25H20ClN3O6. The molecule has 0 unspecified atom stereocenters. The largest absolute Gasteiger partial charge is 0.503 e. The standard InChI is InChI=1S/C25H20ClN3O6/c1-33-22-12-16(9-18(26)23(22)30)13-27-29-25(32)19(28-24(31)17-5-3-2-4-6-17)10-15-7-8-20-21(11-15)35-14-34-20/h2-13,30H,14H2,1H3,(H,28,31)(H,29,32)/b19-10+,27-13+. The smallest absolute Gasteiger partial charge is 0.287 e. The van der Waals surface area contributed by atoms with Crippen LogP contribution in [0.1, 0.15) is 21.5 Å². The average molecular weight is 494 g/mol. The fourth-order valence-electron chi connectivity index (χ4n) is 3.16. The van der Waals surface area contributed by atoms with E-state index in [-0.39, 0.29) is 29.0 Å². The molecule has 9 nitrogen and oxygen atoms in total. The summed E-state index contributed by atoms with van der Waals surface area (Å²) in [6.45, 7) is 0.112. The highest BCUT2D eigenvalue weighted by Crippen LogP contribution is 2.34. The molecule has 0 saturated carbocycles. The molecule has 1 heterocycles. The van der Waals surface area contributed by atoms with Crippen LogP contribution in [0.5, 0.6) is 23.0 Å². The Morgan fingerprint density at radius 1 is 1.06 bits per heavy atom. The van der Waals surface area contributed by atoms with Crippen molar-refractivity contribution < 1.29 is 28.9 Å². The molecule has 4 rings (SSSR count). The van der Waals surface area contributed by atoms with E-state index in [4.69, 9.17) is 25.8 Å². The predicted molar refractivity (Wildman–Crippen MR) is 130 cm³/mol. The van der Waals surface area contributed by atoms with Crippen LogP contribution < -0.4 is 25.0 Å². The lowest BCUT2D eigenvalue weighted by Crippen LogP contribution is -2.32. The van der Waals surface area contributed by atoms with Gasteiger partial charge in [-0.15, -0.1) is 0 Å². The summed E-state index contributed by atoms with van der Waals surface area (Å²) in [4.78, 5) is 25.6. The third-order valence-corrected chi connectivity index (χ3v) is 5.17. The van der Waals surface area contributed by atoms with Gasteiger partial charge in [-0.2, -0.15) is 5.10 Å². The zero-order valence-electron chi connectivity index (χ0n) is 18.4. The van der Waals surface area contributed by atoms with Gasteiger partial charge in [0.15, 0.2) is 23.0 Å². The molecule has 178 valence electrons. The molecule has 0 aromatic heterocycles. The van der Waals surface area contributed by atoms with Crippen LogP contribution in [0.3, 0.4) is 0 Å². The van der Waals surface area contributed by atoms with Crippen LogP contribution in [-0.2, 0) is 4.79 Å². The number of carbonyl (C=O) groups excluding carboxylic acids is 2. The molecule has 3 N–H and O–H groups in total. The first-order chi connectivity index (χ1) is 16.9. The number of benzene rings is 3. The number of methoxy groups -OCH3 is 1. The van der Waals surface area contributed by atoms with Crippen LogP contribution in [-0.4, -0.2) is 37.0 Å². The second-order valence-corrected chi connectivity index (χ2v) is 7.65. The molecule has 0 atom stereocenters. The maximum absolute atomic E-state index is 12.9. The molecule has 0 radical (unpaired) electrons. The summed E-state index contributed by atoms with van der Waals surface area (Å²) < 4.78 is 15.7. The lowest BCUT2D eigenvalue weighted by molar-refractivity contribution is -0.117. The number of fused-ring (bicyclic) bond motifs is 1. The van der Waals surface area contributed by atoms with Gasteiger partial charge in [0.1, 0.15) is 5.70 Å². The Balaban J connectivity index is 1.56. The van der Waals surface area contributed by atoms with Crippen molar-refractivity contribution in [3.8, 4) is 23.0 Å². The molecule has 0 fully saturated rings. The number of rotatable bonds is 7.